The molecule has 24 heavy (non-hydrogen) atoms. The van der Waals surface area contributed by atoms with Gasteiger partial charge in [0.25, 0.3) is 0 Å². The van der Waals surface area contributed by atoms with Crippen molar-refractivity contribution >= 4 is 22.5 Å². The molecule has 0 saturated carbocycles. The summed E-state index contributed by atoms with van der Waals surface area (Å²) in [5, 5.41) is 11.9. The van der Waals surface area contributed by atoms with Crippen molar-refractivity contribution in [2.75, 3.05) is 13.1 Å². The third-order valence-electron chi connectivity index (χ3n) is 4.97. The maximum absolute atomic E-state index is 9.87. The molecule has 1 aliphatic heterocycles. The van der Waals surface area contributed by atoms with E-state index in [9.17, 15) is 5.11 Å². The number of benzene rings is 2. The van der Waals surface area contributed by atoms with Gasteiger partial charge in [-0.3, -0.25) is 4.90 Å². The van der Waals surface area contributed by atoms with Crippen LogP contribution in [0.15, 0.2) is 54.7 Å². The fourth-order valence-electron chi connectivity index (χ4n) is 3.70. The van der Waals surface area contributed by atoms with Gasteiger partial charge in [-0.2, -0.15) is 0 Å². The molecule has 1 saturated heterocycles. The zero-order valence-corrected chi connectivity index (χ0v) is 14.2. The van der Waals surface area contributed by atoms with Gasteiger partial charge < -0.3 is 10.1 Å². The van der Waals surface area contributed by atoms with Gasteiger partial charge in [0.1, 0.15) is 0 Å². The molecule has 1 fully saturated rings. The molecule has 2 heterocycles. The van der Waals surface area contributed by atoms with E-state index >= 15 is 0 Å². The fraction of sp³-hybridized carbons (Fsp3) is 0.300. The lowest BCUT2D eigenvalue weighted by Gasteiger charge is -2.36. The van der Waals surface area contributed by atoms with Crippen LogP contribution < -0.4 is 0 Å². The highest BCUT2D eigenvalue weighted by Crippen LogP contribution is 2.35. The maximum atomic E-state index is 9.87. The molecule has 124 valence electrons. The Morgan fingerprint density at radius 3 is 2.50 bits per heavy atom. The molecule has 0 aliphatic carbocycles. The third kappa shape index (κ3) is 2.95. The largest absolute Gasteiger partial charge is 0.393 e. The standard InChI is InChI=1S/C20H21ClN2O/c21-15-7-5-14(6-8-15)20(23-11-9-16(24)10-12-23)18-13-22-19-4-2-1-3-17(18)19/h1-8,13,16,20,22,24H,9-12H2. The molecule has 1 unspecified atom stereocenters. The molecule has 2 N–H and O–H groups in total. The average molecular weight is 341 g/mol. The summed E-state index contributed by atoms with van der Waals surface area (Å²) in [7, 11) is 0. The molecule has 3 aromatic rings. The monoisotopic (exact) mass is 340 g/mol. The highest BCUT2D eigenvalue weighted by molar-refractivity contribution is 6.30. The average Bonchev–Trinajstić information content (AvgIpc) is 3.03. The Labute approximate surface area is 146 Å². The number of hydrogen-bond donors (Lipinski definition) is 2. The van der Waals surface area contributed by atoms with Gasteiger partial charge in [-0.25, -0.2) is 0 Å². The van der Waals surface area contributed by atoms with Crippen LogP contribution in [0.5, 0.6) is 0 Å². The second kappa shape index (κ2) is 6.60. The number of fused-ring (bicyclic) bond motifs is 1. The molecular weight excluding hydrogens is 320 g/mol. The topological polar surface area (TPSA) is 39.3 Å². The molecule has 4 heteroatoms. The van der Waals surface area contributed by atoms with E-state index < -0.39 is 0 Å². The Balaban J connectivity index is 1.79. The highest BCUT2D eigenvalue weighted by atomic mass is 35.5. The summed E-state index contributed by atoms with van der Waals surface area (Å²) in [5.74, 6) is 0. The number of para-hydroxylation sites is 1. The lowest BCUT2D eigenvalue weighted by Crippen LogP contribution is -2.38. The van der Waals surface area contributed by atoms with Crippen molar-refractivity contribution in [1.82, 2.24) is 9.88 Å². The lowest BCUT2D eigenvalue weighted by atomic mass is 9.94. The van der Waals surface area contributed by atoms with Crippen LogP contribution in [-0.4, -0.2) is 34.2 Å². The van der Waals surface area contributed by atoms with Crippen LogP contribution in [-0.2, 0) is 0 Å². The fourth-order valence-corrected chi connectivity index (χ4v) is 3.82. The number of piperidine rings is 1. The predicted octanol–water partition coefficient (Wildman–Crippen LogP) is 4.37. The Kier molecular flexibility index (Phi) is 4.31. The number of likely N-dealkylation sites (tertiary alicyclic amines) is 1. The van der Waals surface area contributed by atoms with Crippen molar-refractivity contribution in [3.63, 3.8) is 0 Å². The number of aliphatic hydroxyl groups is 1. The van der Waals surface area contributed by atoms with E-state index in [1.165, 1.54) is 16.5 Å². The number of hydrogen-bond acceptors (Lipinski definition) is 2. The first-order valence-electron chi connectivity index (χ1n) is 8.46. The summed E-state index contributed by atoms with van der Waals surface area (Å²) in [6.45, 7) is 1.79. The van der Waals surface area contributed by atoms with E-state index in [-0.39, 0.29) is 12.1 Å². The van der Waals surface area contributed by atoms with Gasteiger partial charge in [0, 0.05) is 35.2 Å². The number of aromatic nitrogens is 1. The minimum Gasteiger partial charge on any atom is -0.393 e. The van der Waals surface area contributed by atoms with Gasteiger partial charge in [-0.1, -0.05) is 41.9 Å². The van der Waals surface area contributed by atoms with Crippen LogP contribution in [0.4, 0.5) is 0 Å². The van der Waals surface area contributed by atoms with Crippen molar-refractivity contribution < 1.29 is 5.11 Å². The maximum Gasteiger partial charge on any atom is 0.0622 e. The normalized spacial score (nSPS) is 18.1. The highest BCUT2D eigenvalue weighted by Gasteiger charge is 2.28. The summed E-state index contributed by atoms with van der Waals surface area (Å²) < 4.78 is 0. The van der Waals surface area contributed by atoms with Gasteiger partial charge in [0.05, 0.1) is 12.1 Å². The quantitative estimate of drug-likeness (QED) is 0.743. The van der Waals surface area contributed by atoms with E-state index in [0.29, 0.717) is 0 Å². The SMILES string of the molecule is OC1CCN(C(c2ccc(Cl)cc2)c2c[nH]c3ccccc23)CC1. The third-order valence-corrected chi connectivity index (χ3v) is 5.22. The molecular formula is C20H21ClN2O. The second-order valence-corrected chi connectivity index (χ2v) is 6.95. The number of aliphatic hydroxyl groups excluding tert-OH is 1. The minimum atomic E-state index is -0.171. The van der Waals surface area contributed by atoms with Gasteiger partial charge in [0.2, 0.25) is 0 Å². The molecule has 0 spiro atoms. The number of aromatic amines is 1. The molecule has 1 atom stereocenters. The number of halogens is 1. The predicted molar refractivity (Wildman–Crippen MR) is 98.4 cm³/mol. The Morgan fingerprint density at radius 2 is 1.75 bits per heavy atom. The van der Waals surface area contributed by atoms with Gasteiger partial charge in [-0.05, 0) is 42.2 Å². The minimum absolute atomic E-state index is 0.171. The van der Waals surface area contributed by atoms with Crippen LogP contribution in [0.3, 0.4) is 0 Å². The summed E-state index contributed by atoms with van der Waals surface area (Å²) in [5.41, 5.74) is 3.67. The molecule has 0 radical (unpaired) electrons. The first-order chi connectivity index (χ1) is 11.7. The van der Waals surface area contributed by atoms with Crippen LogP contribution in [0.2, 0.25) is 5.02 Å². The molecule has 1 aliphatic rings. The number of nitrogens with zero attached hydrogens (tertiary/aromatic N) is 1. The van der Waals surface area contributed by atoms with E-state index in [4.69, 9.17) is 11.6 Å². The first-order valence-corrected chi connectivity index (χ1v) is 8.84. The van der Waals surface area contributed by atoms with Crippen LogP contribution in [0, 0.1) is 0 Å². The van der Waals surface area contributed by atoms with E-state index in [1.807, 2.05) is 12.1 Å². The smallest absolute Gasteiger partial charge is 0.0622 e. The zero-order valence-electron chi connectivity index (χ0n) is 13.5. The zero-order chi connectivity index (χ0) is 16.5. The lowest BCUT2D eigenvalue weighted by molar-refractivity contribution is 0.0691. The first kappa shape index (κ1) is 15.7. The van der Waals surface area contributed by atoms with Gasteiger partial charge >= 0.3 is 0 Å². The Hall–Kier alpha value is -1.81. The molecule has 0 amide bonds. The van der Waals surface area contributed by atoms with Gasteiger partial charge in [-0.15, -0.1) is 0 Å². The van der Waals surface area contributed by atoms with Crippen molar-refractivity contribution in [1.29, 1.82) is 0 Å². The van der Waals surface area contributed by atoms with E-state index in [0.717, 1.165) is 36.5 Å². The summed E-state index contributed by atoms with van der Waals surface area (Å²) in [4.78, 5) is 5.86. The molecule has 3 nitrogen and oxygen atoms in total. The number of H-pyrrole nitrogens is 1. The Morgan fingerprint density at radius 1 is 1.04 bits per heavy atom. The van der Waals surface area contributed by atoms with Crippen molar-refractivity contribution in [2.45, 2.75) is 25.0 Å². The van der Waals surface area contributed by atoms with Crippen molar-refractivity contribution in [3.8, 4) is 0 Å². The van der Waals surface area contributed by atoms with Crippen molar-refractivity contribution in [3.05, 3.63) is 70.9 Å². The molecule has 0 bridgehead atoms. The van der Waals surface area contributed by atoms with Crippen LogP contribution in [0.1, 0.15) is 30.0 Å². The molecule has 4 rings (SSSR count). The van der Waals surface area contributed by atoms with Gasteiger partial charge in [0.15, 0.2) is 0 Å². The molecule has 2 aromatic carbocycles. The summed E-state index contributed by atoms with van der Waals surface area (Å²) >= 11 is 6.09. The van der Waals surface area contributed by atoms with Crippen LogP contribution in [0.25, 0.3) is 10.9 Å². The molecule has 1 aromatic heterocycles. The van der Waals surface area contributed by atoms with E-state index in [2.05, 4.69) is 52.5 Å². The second-order valence-electron chi connectivity index (χ2n) is 6.51. The summed E-state index contributed by atoms with van der Waals surface area (Å²) in [6.07, 6.45) is 3.60. The van der Waals surface area contributed by atoms with Crippen LogP contribution >= 0.6 is 11.6 Å². The van der Waals surface area contributed by atoms with E-state index in [1.54, 1.807) is 0 Å². The summed E-state index contributed by atoms with van der Waals surface area (Å²) in [6, 6.07) is 16.7. The number of nitrogens with one attached hydrogen (secondary N) is 1. The number of rotatable bonds is 3. The van der Waals surface area contributed by atoms with Crippen molar-refractivity contribution in [2.24, 2.45) is 0 Å². The Bertz CT molecular complexity index is 819.